The highest BCUT2D eigenvalue weighted by Crippen LogP contribution is 2.35. The molecule has 1 saturated heterocycles. The van der Waals surface area contributed by atoms with Crippen molar-refractivity contribution in [2.75, 3.05) is 13.1 Å². The molecule has 0 atom stereocenters. The van der Waals surface area contributed by atoms with Crippen LogP contribution in [0.5, 0.6) is 5.75 Å². The quantitative estimate of drug-likeness (QED) is 0.419. The van der Waals surface area contributed by atoms with Gasteiger partial charge in [0.15, 0.2) is 0 Å². The van der Waals surface area contributed by atoms with Crippen LogP contribution in [0.2, 0.25) is 0 Å². The summed E-state index contributed by atoms with van der Waals surface area (Å²) in [6.07, 6.45) is 0.191. The van der Waals surface area contributed by atoms with Gasteiger partial charge in [0.25, 0.3) is 0 Å². The van der Waals surface area contributed by atoms with Gasteiger partial charge in [-0.1, -0.05) is 20.8 Å². The second kappa shape index (κ2) is 6.57. The topological polar surface area (TPSA) is 29.5 Å². The Hall–Kier alpha value is -1.86. The number of benzene rings is 1. The first kappa shape index (κ1) is 18.5. The highest BCUT2D eigenvalue weighted by molar-refractivity contribution is 5.71. The Morgan fingerprint density at radius 1 is 0.917 bits per heavy atom. The Morgan fingerprint density at radius 3 is 1.75 bits per heavy atom. The summed E-state index contributed by atoms with van der Waals surface area (Å²) in [5.74, 6) is -12.1. The van der Waals surface area contributed by atoms with Gasteiger partial charge in [-0.3, -0.25) is 0 Å². The first-order valence-electron chi connectivity index (χ1n) is 7.52. The maximum Gasteiger partial charge on any atom is 0.415 e. The molecule has 1 aliphatic rings. The number of halogens is 5. The number of rotatable bonds is 1. The number of carbonyl (C=O) groups is 1. The van der Waals surface area contributed by atoms with Gasteiger partial charge in [0.05, 0.1) is 0 Å². The summed E-state index contributed by atoms with van der Waals surface area (Å²) < 4.78 is 70.7. The van der Waals surface area contributed by atoms with E-state index in [1.807, 2.05) is 0 Å². The fourth-order valence-electron chi connectivity index (χ4n) is 2.75. The maximum atomic E-state index is 13.5. The molecular formula is C16H18F5NO2. The minimum absolute atomic E-state index is 0.0530. The predicted molar refractivity (Wildman–Crippen MR) is 76.0 cm³/mol. The van der Waals surface area contributed by atoms with Crippen LogP contribution in [0.4, 0.5) is 26.7 Å². The number of carbonyl (C=O) groups excluding carboxylic acids is 1. The molecule has 0 bridgehead atoms. The van der Waals surface area contributed by atoms with Gasteiger partial charge in [-0.25, -0.2) is 18.0 Å². The second-order valence-electron chi connectivity index (χ2n) is 6.89. The third kappa shape index (κ3) is 3.47. The lowest BCUT2D eigenvalue weighted by Gasteiger charge is -2.38. The zero-order valence-corrected chi connectivity index (χ0v) is 13.6. The van der Waals surface area contributed by atoms with Crippen molar-refractivity contribution in [3.05, 3.63) is 29.1 Å². The number of likely N-dealkylation sites (tertiary alicyclic amines) is 1. The van der Waals surface area contributed by atoms with Gasteiger partial charge in [0, 0.05) is 13.1 Å². The molecule has 8 heteroatoms. The van der Waals surface area contributed by atoms with Crippen LogP contribution < -0.4 is 4.74 Å². The van der Waals surface area contributed by atoms with Crippen LogP contribution in [0.25, 0.3) is 0 Å². The van der Waals surface area contributed by atoms with Crippen molar-refractivity contribution >= 4 is 6.09 Å². The molecule has 3 nitrogen and oxygen atoms in total. The van der Waals surface area contributed by atoms with E-state index >= 15 is 0 Å². The van der Waals surface area contributed by atoms with Crippen molar-refractivity contribution in [3.63, 3.8) is 0 Å². The molecule has 24 heavy (non-hydrogen) atoms. The number of amides is 1. The van der Waals surface area contributed by atoms with Gasteiger partial charge in [0.1, 0.15) is 0 Å². The molecule has 0 N–H and O–H groups in total. The van der Waals surface area contributed by atoms with Crippen molar-refractivity contribution in [2.24, 2.45) is 11.3 Å². The Kier molecular flexibility index (Phi) is 5.05. The summed E-state index contributed by atoms with van der Waals surface area (Å²) in [6.45, 7) is 6.79. The smallest absolute Gasteiger partial charge is 0.404 e. The summed E-state index contributed by atoms with van der Waals surface area (Å²) >= 11 is 0. The van der Waals surface area contributed by atoms with E-state index in [1.165, 1.54) is 4.90 Å². The van der Waals surface area contributed by atoms with E-state index in [9.17, 15) is 26.7 Å². The molecule has 1 amide bonds. The van der Waals surface area contributed by atoms with Crippen molar-refractivity contribution < 1.29 is 31.5 Å². The third-order valence-electron chi connectivity index (χ3n) is 4.34. The molecule has 1 aromatic rings. The molecule has 1 fully saturated rings. The Labute approximate surface area is 136 Å². The van der Waals surface area contributed by atoms with Gasteiger partial charge in [-0.2, -0.15) is 8.78 Å². The minimum atomic E-state index is -2.30. The van der Waals surface area contributed by atoms with Crippen LogP contribution in [-0.2, 0) is 0 Å². The Bertz CT molecular complexity index is 620. The van der Waals surface area contributed by atoms with Crippen LogP contribution in [0, 0.1) is 40.4 Å². The van der Waals surface area contributed by atoms with E-state index in [0.29, 0.717) is 18.8 Å². The van der Waals surface area contributed by atoms with Crippen molar-refractivity contribution in [3.8, 4) is 5.75 Å². The summed E-state index contributed by atoms with van der Waals surface area (Å²) in [7, 11) is 0. The summed E-state index contributed by atoms with van der Waals surface area (Å²) in [5.41, 5.74) is 0.0530. The fraction of sp³-hybridized carbons (Fsp3) is 0.562. The van der Waals surface area contributed by atoms with Gasteiger partial charge in [-0.05, 0) is 24.2 Å². The third-order valence-corrected chi connectivity index (χ3v) is 4.34. The maximum absolute atomic E-state index is 13.5. The van der Waals surface area contributed by atoms with Gasteiger partial charge < -0.3 is 9.64 Å². The average molecular weight is 351 g/mol. The Balaban J connectivity index is 2.12. The van der Waals surface area contributed by atoms with E-state index in [-0.39, 0.29) is 18.5 Å². The number of hydrogen-bond acceptors (Lipinski definition) is 2. The average Bonchev–Trinajstić information content (AvgIpc) is 2.54. The van der Waals surface area contributed by atoms with Crippen LogP contribution >= 0.6 is 0 Å². The second-order valence-corrected chi connectivity index (χ2v) is 6.89. The number of nitrogens with zero attached hydrogens (tertiary/aromatic N) is 1. The zero-order chi connectivity index (χ0) is 18.2. The molecule has 0 aliphatic carbocycles. The molecule has 134 valence electrons. The monoisotopic (exact) mass is 351 g/mol. The first-order valence-corrected chi connectivity index (χ1v) is 7.52. The molecule has 1 aliphatic heterocycles. The fourth-order valence-corrected chi connectivity index (χ4v) is 2.75. The molecule has 0 saturated carbocycles. The normalized spacial score (nSPS) is 16.4. The number of hydrogen-bond donors (Lipinski definition) is 0. The van der Waals surface area contributed by atoms with E-state index in [1.54, 1.807) is 0 Å². The van der Waals surface area contributed by atoms with Gasteiger partial charge in [0.2, 0.25) is 34.8 Å². The van der Waals surface area contributed by atoms with E-state index in [2.05, 4.69) is 25.5 Å². The lowest BCUT2D eigenvalue weighted by Crippen LogP contribution is -2.42. The van der Waals surface area contributed by atoms with Gasteiger partial charge in [-0.15, -0.1) is 0 Å². The molecular weight excluding hydrogens is 333 g/mol. The highest BCUT2D eigenvalue weighted by Gasteiger charge is 2.33. The standard InChI is InChI=1S/C16H18F5NO2/c1-16(2,3)8-4-6-22(7-5-8)15(23)24-14-12(20)10(18)9(17)11(19)13(14)21/h8H,4-7H2,1-3H3. The molecule has 2 rings (SSSR count). The molecule has 1 aromatic carbocycles. The lowest BCUT2D eigenvalue weighted by molar-refractivity contribution is 0.0973. The molecule has 0 spiro atoms. The lowest BCUT2D eigenvalue weighted by atomic mass is 9.75. The zero-order valence-electron chi connectivity index (χ0n) is 13.6. The first-order chi connectivity index (χ1) is 11.0. The van der Waals surface area contributed by atoms with E-state index < -0.39 is 40.9 Å². The van der Waals surface area contributed by atoms with Crippen LogP contribution in [0.3, 0.4) is 0 Å². The SMILES string of the molecule is CC(C)(C)C1CCN(C(=O)Oc2c(F)c(F)c(F)c(F)c2F)CC1. The van der Waals surface area contributed by atoms with E-state index in [0.717, 1.165) is 0 Å². The minimum Gasteiger partial charge on any atom is -0.404 e. The number of piperidine rings is 1. The van der Waals surface area contributed by atoms with Crippen molar-refractivity contribution in [1.29, 1.82) is 0 Å². The molecule has 1 heterocycles. The predicted octanol–water partition coefficient (Wildman–Crippen LogP) is 4.64. The van der Waals surface area contributed by atoms with Crippen molar-refractivity contribution in [1.82, 2.24) is 4.90 Å². The number of ether oxygens (including phenoxy) is 1. The summed E-state index contributed by atoms with van der Waals surface area (Å²) in [5, 5.41) is 0. The van der Waals surface area contributed by atoms with Crippen molar-refractivity contribution in [2.45, 2.75) is 33.6 Å². The largest absolute Gasteiger partial charge is 0.415 e. The Morgan fingerprint density at radius 2 is 1.33 bits per heavy atom. The van der Waals surface area contributed by atoms with E-state index in [4.69, 9.17) is 0 Å². The molecule has 0 aromatic heterocycles. The summed E-state index contributed by atoms with van der Waals surface area (Å²) in [4.78, 5) is 13.2. The van der Waals surface area contributed by atoms with Crippen LogP contribution in [0.1, 0.15) is 33.6 Å². The van der Waals surface area contributed by atoms with Crippen LogP contribution in [0.15, 0.2) is 0 Å². The molecule has 0 unspecified atom stereocenters. The highest BCUT2D eigenvalue weighted by atomic mass is 19.2. The molecule has 0 radical (unpaired) electrons. The summed E-state index contributed by atoms with van der Waals surface area (Å²) in [6, 6.07) is 0. The van der Waals surface area contributed by atoms with Gasteiger partial charge >= 0.3 is 6.09 Å². The van der Waals surface area contributed by atoms with Crippen LogP contribution in [-0.4, -0.2) is 24.1 Å².